The van der Waals surface area contributed by atoms with Crippen LogP contribution in [0.25, 0.3) is 0 Å². The van der Waals surface area contributed by atoms with E-state index >= 15 is 0 Å². The predicted octanol–water partition coefficient (Wildman–Crippen LogP) is -2.52. The Kier molecular flexibility index (Phi) is 21.9. The first-order valence-electron chi connectivity index (χ1n) is 22.2. The van der Waals surface area contributed by atoms with Gasteiger partial charge in [-0.05, 0) is 33.6 Å². The number of nitrogens with one attached hydrogen (secondary N) is 3. The first kappa shape index (κ1) is 58.3. The fourth-order valence-electron chi connectivity index (χ4n) is 7.65. The second kappa shape index (κ2) is 26.3. The summed E-state index contributed by atoms with van der Waals surface area (Å²) in [6.07, 6.45) is -11.3. The molecule has 5 N–H and O–H groups in total. The molecule has 394 valence electrons. The number of hydrogen-bond donors (Lipinski definition) is 4. The van der Waals surface area contributed by atoms with Crippen molar-refractivity contribution in [3.63, 3.8) is 0 Å². The molecule has 0 aromatic rings. The van der Waals surface area contributed by atoms with E-state index < -0.39 is 177 Å². The number of hydrogen-bond acceptors (Lipinski definition) is 23. The molecule has 3 saturated heterocycles. The minimum Gasteiger partial charge on any atom is -0.463 e. The SMILES string of the molecule is CC(=O)N[C@H]1[C@H](OC[C@H](NC(=O)[C@@H]2CCCN2C(=O)[C@@H](N)CO[C@@H]2O[C@H](COC(C)=O)[C@@H](OC(C)=O)[C@H](OC(C)=O)[C@H]2NC(C)=O)C(=O)OC(C)(C)C)O[C@H](COC(C)=O)[C@@H](OC(C)=O)[C@@H]1OC(C)=O. The Morgan fingerprint density at radius 1 is 0.614 bits per heavy atom. The topological polar surface area (TPSA) is 355 Å². The lowest BCUT2D eigenvalue weighted by Crippen LogP contribution is -2.67. The Labute approximate surface area is 403 Å². The minimum absolute atomic E-state index is 0.0226. The molecule has 3 aliphatic rings. The Bertz CT molecular complexity index is 1940. The van der Waals surface area contributed by atoms with Crippen LogP contribution in [-0.4, -0.2) is 188 Å². The lowest BCUT2D eigenvalue weighted by atomic mass is 9.96. The molecule has 0 unspecified atom stereocenters. The molecule has 13 atom stereocenters. The van der Waals surface area contributed by atoms with Crippen molar-refractivity contribution in [1.29, 1.82) is 0 Å². The number of carbonyl (C=O) groups is 11. The van der Waals surface area contributed by atoms with Gasteiger partial charge in [-0.2, -0.15) is 0 Å². The summed E-state index contributed by atoms with van der Waals surface area (Å²) in [5.74, 6) is -8.85. The van der Waals surface area contributed by atoms with Crippen LogP contribution < -0.4 is 21.7 Å². The first-order valence-corrected chi connectivity index (χ1v) is 22.2. The van der Waals surface area contributed by atoms with Gasteiger partial charge < -0.3 is 78.7 Å². The van der Waals surface area contributed by atoms with E-state index in [9.17, 15) is 52.7 Å². The van der Waals surface area contributed by atoms with Crippen LogP contribution in [0, 0.1) is 0 Å². The minimum atomic E-state index is -1.64. The quantitative estimate of drug-likeness (QED) is 0.0722. The number of nitrogens with zero attached hydrogens (tertiary/aromatic N) is 1. The molecule has 0 bridgehead atoms. The summed E-state index contributed by atoms with van der Waals surface area (Å²) < 4.78 is 61.5. The highest BCUT2D eigenvalue weighted by Crippen LogP contribution is 2.30. The lowest BCUT2D eigenvalue weighted by Gasteiger charge is -2.45. The Balaban J connectivity index is 1.89. The molecule has 4 amide bonds. The van der Waals surface area contributed by atoms with Crippen LogP contribution in [0.4, 0.5) is 0 Å². The molecule has 70 heavy (non-hydrogen) atoms. The van der Waals surface area contributed by atoms with Crippen LogP contribution in [0.3, 0.4) is 0 Å². The highest BCUT2D eigenvalue weighted by molar-refractivity contribution is 5.92. The number of nitrogens with two attached hydrogens (primary N) is 1. The highest BCUT2D eigenvalue weighted by Gasteiger charge is 2.53. The van der Waals surface area contributed by atoms with Gasteiger partial charge in [-0.3, -0.25) is 47.9 Å². The van der Waals surface area contributed by atoms with E-state index in [1.54, 1.807) is 20.8 Å². The average molecular weight is 1000 g/mol. The molecule has 3 rings (SSSR count). The van der Waals surface area contributed by atoms with E-state index in [-0.39, 0.29) is 13.0 Å². The molecule has 0 spiro atoms. The second-order valence-corrected chi connectivity index (χ2v) is 17.5. The maximum absolute atomic E-state index is 14.1. The van der Waals surface area contributed by atoms with Gasteiger partial charge in [-0.1, -0.05) is 0 Å². The van der Waals surface area contributed by atoms with Gasteiger partial charge in [0.15, 0.2) is 43.0 Å². The largest absolute Gasteiger partial charge is 0.463 e. The van der Waals surface area contributed by atoms with Gasteiger partial charge in [0.25, 0.3) is 0 Å². The van der Waals surface area contributed by atoms with Crippen molar-refractivity contribution >= 4 is 65.4 Å². The summed E-state index contributed by atoms with van der Waals surface area (Å²) >= 11 is 0. The van der Waals surface area contributed by atoms with Crippen LogP contribution in [0.15, 0.2) is 0 Å². The van der Waals surface area contributed by atoms with Crippen molar-refractivity contribution in [1.82, 2.24) is 20.9 Å². The molecule has 0 radical (unpaired) electrons. The van der Waals surface area contributed by atoms with Crippen LogP contribution in [-0.2, 0) is 105 Å². The number of rotatable bonds is 20. The molecule has 0 aliphatic carbocycles. The van der Waals surface area contributed by atoms with Crippen LogP contribution in [0.1, 0.15) is 89.0 Å². The molecule has 27 heteroatoms. The third-order valence-electron chi connectivity index (χ3n) is 10.2. The fraction of sp³-hybridized carbons (Fsp3) is 0.744. The lowest BCUT2D eigenvalue weighted by molar-refractivity contribution is -0.278. The van der Waals surface area contributed by atoms with Gasteiger partial charge in [-0.25, -0.2) is 4.79 Å². The Hall–Kier alpha value is -6.03. The van der Waals surface area contributed by atoms with Gasteiger partial charge in [0, 0.05) is 61.9 Å². The summed E-state index contributed by atoms with van der Waals surface area (Å²) in [6, 6.07) is -7.16. The fourth-order valence-corrected chi connectivity index (χ4v) is 7.65. The number of esters is 7. The van der Waals surface area contributed by atoms with Gasteiger partial charge >= 0.3 is 41.8 Å². The van der Waals surface area contributed by atoms with Crippen molar-refractivity contribution in [3.8, 4) is 0 Å². The molecule has 3 heterocycles. The van der Waals surface area contributed by atoms with Crippen molar-refractivity contribution in [2.45, 2.75) is 174 Å². The smallest absolute Gasteiger partial charge is 0.331 e. The standard InChI is InChI=1S/C43H65N5O22/c1-19(49)45-32-36(66-25(7)55)34(64-23(5)53)30(17-60-21(3)51)68-41(32)62-15-27(44)39(58)48-14-12-13-29(48)38(57)47-28(40(59)70-43(9,10)11)16-63-42-33(46-20(2)50)37(67-26(8)56)35(65-24(6)54)31(69-42)18-61-22(4)52/h27-37,41-42H,12-18,44H2,1-11H3,(H,45,49)(H,46,50)(H,47,57)/t27-,28-,29-,30+,31+,32+,33+,34+,35+,36+,37+,41+,42+/m0/s1. The summed E-state index contributed by atoms with van der Waals surface area (Å²) in [7, 11) is 0. The van der Waals surface area contributed by atoms with Crippen LogP contribution >= 0.6 is 0 Å². The van der Waals surface area contributed by atoms with E-state index in [1.807, 2.05) is 0 Å². The van der Waals surface area contributed by atoms with Gasteiger partial charge in [0.1, 0.15) is 55.2 Å². The van der Waals surface area contributed by atoms with Crippen molar-refractivity contribution in [2.24, 2.45) is 5.73 Å². The van der Waals surface area contributed by atoms with Crippen molar-refractivity contribution < 1.29 is 105 Å². The number of amides is 4. The van der Waals surface area contributed by atoms with Gasteiger partial charge in [-0.15, -0.1) is 0 Å². The molecule has 27 nitrogen and oxygen atoms in total. The van der Waals surface area contributed by atoms with Crippen molar-refractivity contribution in [3.05, 3.63) is 0 Å². The molecule has 0 saturated carbocycles. The van der Waals surface area contributed by atoms with Crippen LogP contribution in [0.2, 0.25) is 0 Å². The monoisotopic (exact) mass is 1000 g/mol. The zero-order valence-electron chi connectivity index (χ0n) is 41.0. The normalized spacial score (nSPS) is 27.3. The zero-order chi connectivity index (χ0) is 52.8. The van der Waals surface area contributed by atoms with E-state index in [1.165, 1.54) is 0 Å². The van der Waals surface area contributed by atoms with Gasteiger partial charge in [0.05, 0.1) is 13.2 Å². The van der Waals surface area contributed by atoms with Crippen LogP contribution in [0.5, 0.6) is 0 Å². The average Bonchev–Trinajstić information content (AvgIpc) is 3.72. The number of ether oxygens (including phenoxy) is 11. The first-order chi connectivity index (χ1) is 32.6. The molecule has 0 aromatic heterocycles. The van der Waals surface area contributed by atoms with E-state index in [0.717, 1.165) is 60.3 Å². The second-order valence-electron chi connectivity index (χ2n) is 17.5. The van der Waals surface area contributed by atoms with E-state index in [0.29, 0.717) is 6.42 Å². The molecule has 0 aromatic carbocycles. The molecular formula is C43H65N5O22. The zero-order valence-corrected chi connectivity index (χ0v) is 41.0. The Morgan fingerprint density at radius 2 is 1.03 bits per heavy atom. The summed E-state index contributed by atoms with van der Waals surface area (Å²) in [6.45, 7) is 11.0. The summed E-state index contributed by atoms with van der Waals surface area (Å²) in [5.41, 5.74) is 5.25. The number of carbonyl (C=O) groups excluding carboxylic acids is 11. The van der Waals surface area contributed by atoms with E-state index in [2.05, 4.69) is 16.0 Å². The maximum Gasteiger partial charge on any atom is 0.331 e. The summed E-state index contributed by atoms with van der Waals surface area (Å²) in [5, 5.41) is 7.63. The third-order valence-corrected chi connectivity index (χ3v) is 10.2. The van der Waals surface area contributed by atoms with E-state index in [4.69, 9.17) is 57.8 Å². The molecule has 3 aliphatic heterocycles. The molecular weight excluding hydrogens is 938 g/mol. The summed E-state index contributed by atoms with van der Waals surface area (Å²) in [4.78, 5) is 140. The van der Waals surface area contributed by atoms with Crippen molar-refractivity contribution in [2.75, 3.05) is 33.0 Å². The molecule has 3 fully saturated rings. The maximum atomic E-state index is 14.1. The highest BCUT2D eigenvalue weighted by atomic mass is 16.7. The predicted molar refractivity (Wildman–Crippen MR) is 230 cm³/mol. The number of likely N-dealkylation sites (tertiary alicyclic amines) is 1. The van der Waals surface area contributed by atoms with Gasteiger partial charge in [0.2, 0.25) is 23.6 Å². The Morgan fingerprint density at radius 3 is 1.41 bits per heavy atom. The third kappa shape index (κ3) is 18.1.